The van der Waals surface area contributed by atoms with Gasteiger partial charge in [0.05, 0.1) is 24.3 Å². The van der Waals surface area contributed by atoms with E-state index in [1.165, 1.54) is 6.20 Å². The molecule has 0 aromatic carbocycles. The average molecular weight is 206 g/mol. The number of aryl methyl sites for hydroxylation is 1. The van der Waals surface area contributed by atoms with Crippen LogP contribution >= 0.6 is 0 Å². The van der Waals surface area contributed by atoms with Gasteiger partial charge < -0.3 is 4.90 Å². The predicted octanol–water partition coefficient (Wildman–Crippen LogP) is 1.09. The Kier molecular flexibility index (Phi) is 3.45. The lowest BCUT2D eigenvalue weighted by Crippen LogP contribution is -2.34. The molecule has 0 aliphatic rings. The molecule has 0 fully saturated rings. The first-order valence-corrected chi connectivity index (χ1v) is 4.72. The van der Waals surface area contributed by atoms with Crippen LogP contribution in [0.3, 0.4) is 0 Å². The molecule has 1 rings (SSSR count). The molecule has 1 unspecified atom stereocenters. The number of nitrogens with zero attached hydrogens (tertiary/aromatic N) is 3. The van der Waals surface area contributed by atoms with Gasteiger partial charge in [0.1, 0.15) is 0 Å². The molecule has 0 saturated carbocycles. The molecule has 80 valence electrons. The van der Waals surface area contributed by atoms with Crippen molar-refractivity contribution in [2.24, 2.45) is 0 Å². The van der Waals surface area contributed by atoms with Gasteiger partial charge in [0.2, 0.25) is 0 Å². The number of amides is 1. The first-order chi connectivity index (χ1) is 7.07. The van der Waals surface area contributed by atoms with Crippen LogP contribution in [-0.2, 0) is 0 Å². The largest absolute Gasteiger partial charge is 0.338 e. The van der Waals surface area contributed by atoms with E-state index in [4.69, 9.17) is 5.26 Å². The zero-order chi connectivity index (χ0) is 11.4. The Balaban J connectivity index is 2.78. The Morgan fingerprint density at radius 2 is 2.47 bits per heavy atom. The van der Waals surface area contributed by atoms with Gasteiger partial charge in [-0.15, -0.1) is 0 Å². The van der Waals surface area contributed by atoms with Gasteiger partial charge in [-0.05, 0) is 13.8 Å². The van der Waals surface area contributed by atoms with Gasteiger partial charge in [0, 0.05) is 18.8 Å². The lowest BCUT2D eigenvalue weighted by Gasteiger charge is -2.22. The van der Waals surface area contributed by atoms with Crippen molar-refractivity contribution >= 4 is 5.91 Å². The summed E-state index contributed by atoms with van der Waals surface area (Å²) in [7, 11) is 1.69. The van der Waals surface area contributed by atoms with Gasteiger partial charge in [0.15, 0.2) is 0 Å². The molecule has 1 aromatic heterocycles. The van der Waals surface area contributed by atoms with Gasteiger partial charge in [-0.3, -0.25) is 9.89 Å². The number of carbonyl (C=O) groups is 1. The summed E-state index contributed by atoms with van der Waals surface area (Å²) < 4.78 is 0. The van der Waals surface area contributed by atoms with Crippen LogP contribution in [-0.4, -0.2) is 34.1 Å². The molecule has 0 spiro atoms. The number of hydrogen-bond acceptors (Lipinski definition) is 3. The number of rotatable bonds is 3. The number of aromatic amines is 1. The predicted molar refractivity (Wildman–Crippen MR) is 55.1 cm³/mol. The number of aromatic nitrogens is 2. The summed E-state index contributed by atoms with van der Waals surface area (Å²) in [5.74, 6) is -0.107. The lowest BCUT2D eigenvalue weighted by atomic mass is 10.2. The minimum absolute atomic E-state index is 0.0863. The molecule has 1 N–H and O–H groups in total. The van der Waals surface area contributed by atoms with E-state index < -0.39 is 0 Å². The zero-order valence-corrected chi connectivity index (χ0v) is 9.11. The maximum atomic E-state index is 11.9. The number of nitriles is 1. The summed E-state index contributed by atoms with van der Waals surface area (Å²) in [5.41, 5.74) is 1.30. The first kappa shape index (κ1) is 11.2. The van der Waals surface area contributed by atoms with E-state index in [0.717, 1.165) is 5.69 Å². The molecule has 0 saturated heterocycles. The van der Waals surface area contributed by atoms with Gasteiger partial charge in [-0.25, -0.2) is 0 Å². The Morgan fingerprint density at radius 3 is 2.93 bits per heavy atom. The van der Waals surface area contributed by atoms with Gasteiger partial charge in [-0.2, -0.15) is 10.4 Å². The van der Waals surface area contributed by atoms with E-state index in [9.17, 15) is 4.79 Å². The molecule has 1 amide bonds. The van der Waals surface area contributed by atoms with E-state index in [1.807, 2.05) is 13.0 Å². The SMILES string of the molecule is Cc1[nH]ncc1C(=O)N(C)C(C)CC#N. The summed E-state index contributed by atoms with van der Waals surface area (Å²) in [6.45, 7) is 3.64. The van der Waals surface area contributed by atoms with Crippen LogP contribution < -0.4 is 0 Å². The maximum Gasteiger partial charge on any atom is 0.257 e. The molecular formula is C10H14N4O. The van der Waals surface area contributed by atoms with E-state index in [0.29, 0.717) is 12.0 Å². The smallest absolute Gasteiger partial charge is 0.257 e. The second kappa shape index (κ2) is 4.60. The minimum Gasteiger partial charge on any atom is -0.338 e. The highest BCUT2D eigenvalue weighted by Gasteiger charge is 2.19. The van der Waals surface area contributed by atoms with Crippen molar-refractivity contribution in [2.45, 2.75) is 26.3 Å². The first-order valence-electron chi connectivity index (χ1n) is 4.72. The van der Waals surface area contributed by atoms with Crippen LogP contribution in [0.2, 0.25) is 0 Å². The lowest BCUT2D eigenvalue weighted by molar-refractivity contribution is 0.0745. The summed E-state index contributed by atoms with van der Waals surface area (Å²) in [6, 6.07) is 1.96. The van der Waals surface area contributed by atoms with Gasteiger partial charge in [-0.1, -0.05) is 0 Å². The van der Waals surface area contributed by atoms with Crippen molar-refractivity contribution in [1.82, 2.24) is 15.1 Å². The molecule has 5 heteroatoms. The Hall–Kier alpha value is -1.83. The van der Waals surface area contributed by atoms with Crippen molar-refractivity contribution in [3.8, 4) is 6.07 Å². The van der Waals surface area contributed by atoms with Gasteiger partial charge in [0.25, 0.3) is 5.91 Å². The highest BCUT2D eigenvalue weighted by atomic mass is 16.2. The van der Waals surface area contributed by atoms with Crippen molar-refractivity contribution < 1.29 is 4.79 Å². The normalized spacial score (nSPS) is 11.9. The van der Waals surface area contributed by atoms with Crippen LogP contribution in [0.4, 0.5) is 0 Å². The highest BCUT2D eigenvalue weighted by Crippen LogP contribution is 2.10. The fraction of sp³-hybridized carbons (Fsp3) is 0.500. The fourth-order valence-electron chi connectivity index (χ4n) is 1.23. The second-order valence-corrected chi connectivity index (χ2v) is 3.54. The molecule has 0 bridgehead atoms. The average Bonchev–Trinajstić information content (AvgIpc) is 2.62. The highest BCUT2D eigenvalue weighted by molar-refractivity contribution is 5.95. The number of hydrogen-bond donors (Lipinski definition) is 1. The Morgan fingerprint density at radius 1 is 1.80 bits per heavy atom. The monoisotopic (exact) mass is 206 g/mol. The number of carbonyl (C=O) groups excluding carboxylic acids is 1. The molecule has 15 heavy (non-hydrogen) atoms. The Labute approximate surface area is 88.7 Å². The van der Waals surface area contributed by atoms with Crippen molar-refractivity contribution in [3.05, 3.63) is 17.5 Å². The third-order valence-corrected chi connectivity index (χ3v) is 2.43. The molecule has 1 aromatic rings. The van der Waals surface area contributed by atoms with Crippen LogP contribution in [0.15, 0.2) is 6.20 Å². The van der Waals surface area contributed by atoms with Gasteiger partial charge >= 0.3 is 0 Å². The van der Waals surface area contributed by atoms with Crippen molar-refractivity contribution in [1.29, 1.82) is 5.26 Å². The molecule has 5 nitrogen and oxygen atoms in total. The van der Waals surface area contributed by atoms with E-state index in [2.05, 4.69) is 10.2 Å². The van der Waals surface area contributed by atoms with Crippen LogP contribution in [0.5, 0.6) is 0 Å². The maximum absolute atomic E-state index is 11.9. The van der Waals surface area contributed by atoms with Crippen LogP contribution in [0.1, 0.15) is 29.4 Å². The Bertz CT molecular complexity index is 390. The summed E-state index contributed by atoms with van der Waals surface area (Å²) >= 11 is 0. The second-order valence-electron chi connectivity index (χ2n) is 3.54. The molecule has 0 aliphatic heterocycles. The zero-order valence-electron chi connectivity index (χ0n) is 9.11. The molecular weight excluding hydrogens is 192 g/mol. The quantitative estimate of drug-likeness (QED) is 0.804. The van der Waals surface area contributed by atoms with E-state index in [-0.39, 0.29) is 11.9 Å². The topological polar surface area (TPSA) is 72.8 Å². The third-order valence-electron chi connectivity index (χ3n) is 2.43. The number of H-pyrrole nitrogens is 1. The van der Waals surface area contributed by atoms with E-state index >= 15 is 0 Å². The summed E-state index contributed by atoms with van der Waals surface area (Å²) in [5, 5.41) is 15.1. The standard InChI is InChI=1S/C10H14N4O/c1-7(4-5-11)14(3)10(15)9-6-12-13-8(9)2/h6-7H,4H2,1-3H3,(H,12,13). The summed E-state index contributed by atoms with van der Waals surface area (Å²) in [6.07, 6.45) is 1.84. The molecule has 0 radical (unpaired) electrons. The number of nitrogens with one attached hydrogen (secondary N) is 1. The van der Waals surface area contributed by atoms with Crippen molar-refractivity contribution in [3.63, 3.8) is 0 Å². The van der Waals surface area contributed by atoms with Crippen molar-refractivity contribution in [2.75, 3.05) is 7.05 Å². The van der Waals surface area contributed by atoms with E-state index in [1.54, 1.807) is 18.9 Å². The minimum atomic E-state index is -0.107. The fourth-order valence-corrected chi connectivity index (χ4v) is 1.23. The third kappa shape index (κ3) is 2.34. The van der Waals surface area contributed by atoms with Crippen LogP contribution in [0.25, 0.3) is 0 Å². The molecule has 0 aliphatic carbocycles. The van der Waals surface area contributed by atoms with Crippen LogP contribution in [0, 0.1) is 18.3 Å². The summed E-state index contributed by atoms with van der Waals surface area (Å²) in [4.78, 5) is 13.5. The molecule has 1 atom stereocenters. The molecule has 1 heterocycles.